The Bertz CT molecular complexity index is 536. The van der Waals surface area contributed by atoms with Crippen LogP contribution in [0.1, 0.15) is 24.5 Å². The monoisotopic (exact) mass is 225 g/mol. The van der Waals surface area contributed by atoms with E-state index in [1.54, 1.807) is 0 Å². The van der Waals surface area contributed by atoms with E-state index in [2.05, 4.69) is 11.2 Å². The van der Waals surface area contributed by atoms with Gasteiger partial charge in [0.1, 0.15) is 0 Å². The van der Waals surface area contributed by atoms with Gasteiger partial charge in [-0.05, 0) is 25.0 Å². The number of hydrogen-bond donors (Lipinski definition) is 0. The maximum atomic E-state index is 9.04. The van der Waals surface area contributed by atoms with Crippen molar-refractivity contribution in [3.05, 3.63) is 53.9 Å². The van der Waals surface area contributed by atoms with Crippen molar-refractivity contribution in [2.45, 2.75) is 25.8 Å². The molecule has 0 radical (unpaired) electrons. The molecule has 0 N–H and O–H groups in total. The maximum Gasteiger partial charge on any atom is 0.0977 e. The molecule has 0 spiro atoms. The smallest absolute Gasteiger partial charge is 0.0977 e. The minimum absolute atomic E-state index is 0.399. The van der Waals surface area contributed by atoms with Crippen molar-refractivity contribution >= 4 is 0 Å². The first-order valence-electron chi connectivity index (χ1n) is 5.61. The molecule has 3 heteroatoms. The van der Waals surface area contributed by atoms with Gasteiger partial charge in [0.15, 0.2) is 0 Å². The van der Waals surface area contributed by atoms with Gasteiger partial charge in [-0.3, -0.25) is 4.68 Å². The van der Waals surface area contributed by atoms with Crippen molar-refractivity contribution in [2.24, 2.45) is 0 Å². The standard InChI is InChI=1S/C14H15N3/c1-12-10-16-17(11-12)14(2,8-9-15)13-6-4-3-5-7-13/h3-7,10-11H,8H2,1-2H3. The number of nitriles is 1. The van der Waals surface area contributed by atoms with Gasteiger partial charge in [0, 0.05) is 6.20 Å². The van der Waals surface area contributed by atoms with Crippen LogP contribution in [0.5, 0.6) is 0 Å². The first-order chi connectivity index (χ1) is 8.16. The predicted octanol–water partition coefficient (Wildman–Crippen LogP) is 2.87. The van der Waals surface area contributed by atoms with Crippen molar-refractivity contribution < 1.29 is 0 Å². The molecule has 1 atom stereocenters. The highest BCUT2D eigenvalue weighted by Gasteiger charge is 2.29. The van der Waals surface area contributed by atoms with Crippen LogP contribution < -0.4 is 0 Å². The second-order valence-electron chi connectivity index (χ2n) is 4.44. The summed E-state index contributed by atoms with van der Waals surface area (Å²) in [7, 11) is 0. The van der Waals surface area contributed by atoms with Crippen LogP contribution in [-0.2, 0) is 5.54 Å². The molecule has 0 aliphatic carbocycles. The van der Waals surface area contributed by atoms with Crippen LogP contribution in [0.15, 0.2) is 42.7 Å². The molecule has 2 rings (SSSR count). The second-order valence-corrected chi connectivity index (χ2v) is 4.44. The molecule has 1 aromatic heterocycles. The molecular weight excluding hydrogens is 210 g/mol. The summed E-state index contributed by atoms with van der Waals surface area (Å²) in [5.74, 6) is 0. The number of aromatic nitrogens is 2. The molecule has 0 aliphatic rings. The van der Waals surface area contributed by atoms with Crippen LogP contribution >= 0.6 is 0 Å². The van der Waals surface area contributed by atoms with Gasteiger partial charge in [-0.1, -0.05) is 30.3 Å². The molecule has 86 valence electrons. The quantitative estimate of drug-likeness (QED) is 0.806. The highest BCUT2D eigenvalue weighted by Crippen LogP contribution is 2.28. The molecule has 1 unspecified atom stereocenters. The summed E-state index contributed by atoms with van der Waals surface area (Å²) in [6.45, 7) is 4.04. The maximum absolute atomic E-state index is 9.04. The number of nitrogens with zero attached hydrogens (tertiary/aromatic N) is 3. The molecule has 0 bridgehead atoms. The molecule has 2 aromatic rings. The molecule has 3 nitrogen and oxygen atoms in total. The zero-order valence-electron chi connectivity index (χ0n) is 10.1. The average molecular weight is 225 g/mol. The van der Waals surface area contributed by atoms with E-state index in [0.717, 1.165) is 11.1 Å². The number of hydrogen-bond acceptors (Lipinski definition) is 2. The third kappa shape index (κ3) is 2.07. The van der Waals surface area contributed by atoms with Crippen molar-refractivity contribution in [3.8, 4) is 6.07 Å². The summed E-state index contributed by atoms with van der Waals surface area (Å²) in [4.78, 5) is 0. The van der Waals surface area contributed by atoms with Crippen LogP contribution in [-0.4, -0.2) is 9.78 Å². The van der Waals surface area contributed by atoms with Crippen molar-refractivity contribution in [2.75, 3.05) is 0 Å². The molecule has 0 saturated carbocycles. The first kappa shape index (κ1) is 11.4. The van der Waals surface area contributed by atoms with E-state index in [0.29, 0.717) is 6.42 Å². The summed E-state index contributed by atoms with van der Waals surface area (Å²) in [5, 5.41) is 13.4. The third-order valence-electron chi connectivity index (χ3n) is 3.04. The van der Waals surface area contributed by atoms with Gasteiger partial charge in [-0.15, -0.1) is 0 Å². The van der Waals surface area contributed by atoms with Crippen LogP contribution in [0.2, 0.25) is 0 Å². The fraction of sp³-hybridized carbons (Fsp3) is 0.286. The molecular formula is C14H15N3. The van der Waals surface area contributed by atoms with E-state index in [1.807, 2.05) is 61.3 Å². The summed E-state index contributed by atoms with van der Waals surface area (Å²) in [5.41, 5.74) is 1.80. The Labute approximate surface area is 101 Å². The lowest BCUT2D eigenvalue weighted by molar-refractivity contribution is 0.360. The average Bonchev–Trinajstić information content (AvgIpc) is 2.78. The van der Waals surface area contributed by atoms with Crippen LogP contribution in [0.4, 0.5) is 0 Å². The zero-order chi connectivity index (χ0) is 12.3. The van der Waals surface area contributed by atoms with Crippen LogP contribution in [0.25, 0.3) is 0 Å². The largest absolute Gasteiger partial charge is 0.261 e. The minimum atomic E-state index is -0.399. The Balaban J connectivity index is 2.51. The third-order valence-corrected chi connectivity index (χ3v) is 3.04. The fourth-order valence-electron chi connectivity index (χ4n) is 1.95. The minimum Gasteiger partial charge on any atom is -0.261 e. The summed E-state index contributed by atoms with van der Waals surface area (Å²) >= 11 is 0. The Hall–Kier alpha value is -2.08. The Morgan fingerprint density at radius 3 is 2.59 bits per heavy atom. The van der Waals surface area contributed by atoms with Gasteiger partial charge < -0.3 is 0 Å². The lowest BCUT2D eigenvalue weighted by Crippen LogP contribution is -2.31. The molecule has 0 amide bonds. The topological polar surface area (TPSA) is 41.6 Å². The van der Waals surface area contributed by atoms with Crippen molar-refractivity contribution in [1.29, 1.82) is 5.26 Å². The Kier molecular flexibility index (Phi) is 2.97. The van der Waals surface area contributed by atoms with Gasteiger partial charge in [0.25, 0.3) is 0 Å². The molecule has 0 saturated heterocycles. The summed E-state index contributed by atoms with van der Waals surface area (Å²) < 4.78 is 1.88. The number of rotatable bonds is 3. The molecule has 17 heavy (non-hydrogen) atoms. The summed E-state index contributed by atoms with van der Waals surface area (Å²) in [6, 6.07) is 12.3. The van der Waals surface area contributed by atoms with E-state index < -0.39 is 5.54 Å². The zero-order valence-corrected chi connectivity index (χ0v) is 10.1. The van der Waals surface area contributed by atoms with Gasteiger partial charge in [0.05, 0.1) is 24.2 Å². The molecule has 0 aliphatic heterocycles. The van der Waals surface area contributed by atoms with Crippen LogP contribution in [0, 0.1) is 18.3 Å². The van der Waals surface area contributed by atoms with Gasteiger partial charge in [0.2, 0.25) is 0 Å². The van der Waals surface area contributed by atoms with E-state index >= 15 is 0 Å². The molecule has 0 fully saturated rings. The van der Waals surface area contributed by atoms with Crippen molar-refractivity contribution in [3.63, 3.8) is 0 Å². The number of benzene rings is 1. The second kappa shape index (κ2) is 4.42. The van der Waals surface area contributed by atoms with Gasteiger partial charge in [-0.2, -0.15) is 10.4 Å². The van der Waals surface area contributed by atoms with Gasteiger partial charge in [-0.25, -0.2) is 0 Å². The van der Waals surface area contributed by atoms with E-state index in [4.69, 9.17) is 5.26 Å². The molecule has 1 heterocycles. The highest BCUT2D eigenvalue weighted by atomic mass is 15.3. The lowest BCUT2D eigenvalue weighted by Gasteiger charge is -2.28. The van der Waals surface area contributed by atoms with E-state index in [9.17, 15) is 0 Å². The predicted molar refractivity (Wildman–Crippen MR) is 66.4 cm³/mol. The molecule has 1 aromatic carbocycles. The first-order valence-corrected chi connectivity index (χ1v) is 5.61. The SMILES string of the molecule is Cc1cnn(C(C)(CC#N)c2ccccc2)c1. The highest BCUT2D eigenvalue weighted by molar-refractivity contribution is 5.26. The Morgan fingerprint density at radius 2 is 2.06 bits per heavy atom. The van der Waals surface area contributed by atoms with E-state index in [1.165, 1.54) is 0 Å². The fourth-order valence-corrected chi connectivity index (χ4v) is 1.95. The Morgan fingerprint density at radius 1 is 1.35 bits per heavy atom. The lowest BCUT2D eigenvalue weighted by atomic mass is 9.89. The normalized spacial score (nSPS) is 13.9. The van der Waals surface area contributed by atoms with Crippen LogP contribution in [0.3, 0.4) is 0 Å². The number of aryl methyl sites for hydroxylation is 1. The van der Waals surface area contributed by atoms with Gasteiger partial charge >= 0.3 is 0 Å². The summed E-state index contributed by atoms with van der Waals surface area (Å²) in [6.07, 6.45) is 4.20. The van der Waals surface area contributed by atoms with Crippen molar-refractivity contribution in [1.82, 2.24) is 9.78 Å². The van der Waals surface area contributed by atoms with E-state index in [-0.39, 0.29) is 0 Å².